The van der Waals surface area contributed by atoms with Gasteiger partial charge >= 0.3 is 0 Å². The lowest BCUT2D eigenvalue weighted by molar-refractivity contribution is -0.131. The van der Waals surface area contributed by atoms with Crippen molar-refractivity contribution in [3.8, 4) is 5.75 Å². The molecule has 3 aromatic rings. The Labute approximate surface area is 187 Å². The maximum absolute atomic E-state index is 13.0. The zero-order valence-corrected chi connectivity index (χ0v) is 18.3. The van der Waals surface area contributed by atoms with Crippen LogP contribution in [0.5, 0.6) is 5.75 Å². The lowest BCUT2D eigenvalue weighted by Crippen LogP contribution is -2.48. The number of carbonyl (C=O) groups is 2. The van der Waals surface area contributed by atoms with E-state index >= 15 is 0 Å². The van der Waals surface area contributed by atoms with Crippen LogP contribution in [-0.4, -0.2) is 29.6 Å². The molecule has 162 valence electrons. The molecule has 1 amide bonds. The Kier molecular flexibility index (Phi) is 8.79. The molecule has 5 nitrogen and oxygen atoms in total. The summed E-state index contributed by atoms with van der Waals surface area (Å²) in [6, 6.07) is 22.0. The summed E-state index contributed by atoms with van der Waals surface area (Å²) in [5.74, 6) is 2.04. The van der Waals surface area contributed by atoms with Crippen molar-refractivity contribution >= 4 is 23.5 Å². The highest BCUT2D eigenvalue weighted by atomic mass is 32.2. The van der Waals surface area contributed by atoms with E-state index in [4.69, 9.17) is 9.15 Å². The van der Waals surface area contributed by atoms with Crippen molar-refractivity contribution < 1.29 is 18.7 Å². The van der Waals surface area contributed by atoms with E-state index in [-0.39, 0.29) is 17.4 Å². The predicted octanol–water partition coefficient (Wildman–Crippen LogP) is 4.67. The van der Waals surface area contributed by atoms with Gasteiger partial charge in [-0.2, -0.15) is 0 Å². The van der Waals surface area contributed by atoms with Crippen molar-refractivity contribution in [1.29, 1.82) is 0 Å². The van der Waals surface area contributed by atoms with E-state index in [1.165, 1.54) is 11.8 Å². The molecule has 1 unspecified atom stereocenters. The Balaban J connectivity index is 1.64. The van der Waals surface area contributed by atoms with Gasteiger partial charge in [-0.3, -0.25) is 9.59 Å². The lowest BCUT2D eigenvalue weighted by Gasteiger charge is -2.22. The number of nitrogens with one attached hydrogen (secondary N) is 1. The Hall–Kier alpha value is -2.99. The predicted molar refractivity (Wildman–Crippen MR) is 123 cm³/mol. The Morgan fingerprint density at radius 2 is 1.71 bits per heavy atom. The summed E-state index contributed by atoms with van der Waals surface area (Å²) in [5, 5.41) is 2.93. The number of amides is 1. The molecule has 3 rings (SSSR count). The van der Waals surface area contributed by atoms with E-state index in [2.05, 4.69) is 5.32 Å². The fraction of sp³-hybridized carbons (Fsp3) is 0.280. The van der Waals surface area contributed by atoms with Gasteiger partial charge in [0.2, 0.25) is 0 Å². The minimum Gasteiger partial charge on any atom is -0.481 e. The largest absolute Gasteiger partial charge is 0.481 e. The molecular weight excluding hydrogens is 410 g/mol. The molecule has 2 aromatic carbocycles. The van der Waals surface area contributed by atoms with Gasteiger partial charge < -0.3 is 14.5 Å². The van der Waals surface area contributed by atoms with E-state index in [0.717, 1.165) is 11.3 Å². The molecule has 0 aliphatic heterocycles. The molecule has 1 N–H and O–H groups in total. The monoisotopic (exact) mass is 437 g/mol. The summed E-state index contributed by atoms with van der Waals surface area (Å²) < 4.78 is 11.2. The van der Waals surface area contributed by atoms with Crippen LogP contribution in [0, 0.1) is 0 Å². The highest BCUT2D eigenvalue weighted by Gasteiger charge is 2.26. The minimum absolute atomic E-state index is 0.0247. The average Bonchev–Trinajstić information content (AvgIpc) is 3.32. The van der Waals surface area contributed by atoms with Gasteiger partial charge in [-0.25, -0.2) is 0 Å². The van der Waals surface area contributed by atoms with Crippen LogP contribution in [-0.2, 0) is 21.8 Å². The van der Waals surface area contributed by atoms with Crippen molar-refractivity contribution in [3.05, 3.63) is 90.4 Å². The fourth-order valence-electron chi connectivity index (χ4n) is 3.09. The van der Waals surface area contributed by atoms with Crippen LogP contribution in [0.2, 0.25) is 0 Å². The van der Waals surface area contributed by atoms with Gasteiger partial charge in [-0.15, -0.1) is 11.8 Å². The zero-order chi connectivity index (χ0) is 21.9. The van der Waals surface area contributed by atoms with Crippen LogP contribution in [0.3, 0.4) is 0 Å². The first-order valence-corrected chi connectivity index (χ1v) is 11.5. The first-order valence-electron chi connectivity index (χ1n) is 10.3. The molecule has 0 saturated carbocycles. The zero-order valence-electron chi connectivity index (χ0n) is 17.5. The number of benzene rings is 2. The van der Waals surface area contributed by atoms with Gasteiger partial charge in [0.1, 0.15) is 11.5 Å². The van der Waals surface area contributed by atoms with Crippen LogP contribution in [0.15, 0.2) is 83.5 Å². The third-order valence-electron chi connectivity index (χ3n) is 4.74. The standard InChI is InChI=1S/C25H27NO4S/c1-2-24(30-20-12-7-4-8-13-20)25(28)26-22(16-19-10-5-3-6-11-19)23(27)18-31-17-21-14-9-15-29-21/h3-15,22,24H,2,16-18H2,1H3,(H,26,28)/t22?,24-/m0/s1. The third kappa shape index (κ3) is 7.33. The van der Waals surface area contributed by atoms with Crippen LogP contribution >= 0.6 is 11.8 Å². The maximum atomic E-state index is 13.0. The fourth-order valence-corrected chi connectivity index (χ4v) is 3.96. The normalized spacial score (nSPS) is 12.7. The second kappa shape index (κ2) is 12.0. The van der Waals surface area contributed by atoms with Crippen molar-refractivity contribution in [2.45, 2.75) is 37.7 Å². The number of carbonyl (C=O) groups excluding carboxylic acids is 2. The first kappa shape index (κ1) is 22.7. The number of ketones is 1. The van der Waals surface area contributed by atoms with Crippen LogP contribution in [0.4, 0.5) is 0 Å². The highest BCUT2D eigenvalue weighted by Crippen LogP contribution is 2.16. The molecule has 2 atom stereocenters. The van der Waals surface area contributed by atoms with Crippen molar-refractivity contribution in [1.82, 2.24) is 5.32 Å². The quantitative estimate of drug-likeness (QED) is 0.446. The second-order valence-corrected chi connectivity index (χ2v) is 8.10. The Morgan fingerprint density at radius 3 is 2.35 bits per heavy atom. The number of furan rings is 1. The highest BCUT2D eigenvalue weighted by molar-refractivity contribution is 7.99. The van der Waals surface area contributed by atoms with E-state index in [0.29, 0.717) is 24.3 Å². The SMILES string of the molecule is CC[C@H](Oc1ccccc1)C(=O)NC(Cc1ccccc1)C(=O)CSCc1ccco1. The van der Waals surface area contributed by atoms with E-state index in [1.54, 1.807) is 6.26 Å². The molecule has 0 radical (unpaired) electrons. The molecule has 0 aliphatic rings. The number of hydrogen-bond donors (Lipinski definition) is 1. The minimum atomic E-state index is -0.663. The number of rotatable bonds is 12. The van der Waals surface area contributed by atoms with Crippen molar-refractivity contribution in [2.24, 2.45) is 0 Å². The number of hydrogen-bond acceptors (Lipinski definition) is 5. The topological polar surface area (TPSA) is 68.5 Å². The Bertz CT molecular complexity index is 929. The molecule has 0 fully saturated rings. The van der Waals surface area contributed by atoms with Gasteiger partial charge in [-0.1, -0.05) is 55.5 Å². The summed E-state index contributed by atoms with van der Waals surface area (Å²) in [4.78, 5) is 25.9. The smallest absolute Gasteiger partial charge is 0.261 e. The molecular formula is C25H27NO4S. The third-order valence-corrected chi connectivity index (χ3v) is 5.72. The van der Waals surface area contributed by atoms with E-state index in [9.17, 15) is 9.59 Å². The van der Waals surface area contributed by atoms with Crippen molar-refractivity contribution in [3.63, 3.8) is 0 Å². The van der Waals surface area contributed by atoms with E-state index in [1.807, 2.05) is 79.7 Å². The van der Waals surface area contributed by atoms with Crippen LogP contribution < -0.4 is 10.1 Å². The number of thioether (sulfide) groups is 1. The molecule has 0 spiro atoms. The van der Waals surface area contributed by atoms with E-state index < -0.39 is 12.1 Å². The first-order chi connectivity index (χ1) is 15.2. The Morgan fingerprint density at radius 1 is 1.00 bits per heavy atom. The van der Waals surface area contributed by atoms with Gasteiger partial charge in [-0.05, 0) is 42.7 Å². The summed E-state index contributed by atoms with van der Waals surface area (Å²) in [7, 11) is 0. The second-order valence-electron chi connectivity index (χ2n) is 7.12. The van der Waals surface area contributed by atoms with Gasteiger partial charge in [0.25, 0.3) is 5.91 Å². The molecule has 0 saturated heterocycles. The summed E-state index contributed by atoms with van der Waals surface area (Å²) in [5.41, 5.74) is 0.995. The van der Waals surface area contributed by atoms with Crippen LogP contribution in [0.1, 0.15) is 24.7 Å². The van der Waals surface area contributed by atoms with Crippen LogP contribution in [0.25, 0.3) is 0 Å². The van der Waals surface area contributed by atoms with Gasteiger partial charge in [0.05, 0.1) is 23.8 Å². The van der Waals surface area contributed by atoms with Gasteiger partial charge in [0.15, 0.2) is 11.9 Å². The molecule has 0 bridgehead atoms. The molecule has 6 heteroatoms. The lowest BCUT2D eigenvalue weighted by atomic mass is 10.0. The maximum Gasteiger partial charge on any atom is 0.261 e. The average molecular weight is 438 g/mol. The molecule has 1 aromatic heterocycles. The number of ether oxygens (including phenoxy) is 1. The number of para-hydroxylation sites is 1. The molecule has 1 heterocycles. The summed E-state index contributed by atoms with van der Waals surface area (Å²) >= 11 is 1.48. The number of Topliss-reactive ketones (excluding diaryl/α,β-unsaturated/α-hetero) is 1. The summed E-state index contributed by atoms with van der Waals surface area (Å²) in [6.45, 7) is 1.89. The van der Waals surface area contributed by atoms with Gasteiger partial charge in [0, 0.05) is 0 Å². The summed E-state index contributed by atoms with van der Waals surface area (Å²) in [6.07, 6.45) is 1.90. The van der Waals surface area contributed by atoms with Crippen molar-refractivity contribution in [2.75, 3.05) is 5.75 Å². The molecule has 31 heavy (non-hydrogen) atoms. The molecule has 0 aliphatic carbocycles.